The van der Waals surface area contributed by atoms with Crippen molar-refractivity contribution in [2.45, 2.75) is 489 Å². The van der Waals surface area contributed by atoms with Gasteiger partial charge in [0, 0.05) is 38.2 Å². The first-order valence-electron chi connectivity index (χ1n) is 58.3. The van der Waals surface area contributed by atoms with Gasteiger partial charge in [-0.25, -0.2) is 0 Å². The number of unbranched alkanes of at least 4 members (excludes halogenated alkanes) is 15. The molecule has 4 atom stereocenters. The van der Waals surface area contributed by atoms with E-state index >= 15 is 0 Å². The van der Waals surface area contributed by atoms with Crippen molar-refractivity contribution in [3.8, 4) is 0 Å². The van der Waals surface area contributed by atoms with Gasteiger partial charge in [0.25, 0.3) is 0 Å². The van der Waals surface area contributed by atoms with E-state index in [0.717, 1.165) is 189 Å². The lowest BCUT2D eigenvalue weighted by Gasteiger charge is -2.25. The molecule has 1 amide bonds. The third kappa shape index (κ3) is 65.3. The summed E-state index contributed by atoms with van der Waals surface area (Å²) in [6.45, 7) is 42.6. The molecular formula is C136H211NO10. The van der Waals surface area contributed by atoms with Gasteiger partial charge in [-0.2, -0.15) is 0 Å². The monoisotopic (exact) mass is 2020 g/mol. The number of hydrogen-bond acceptors (Lipinski definition) is 10. The summed E-state index contributed by atoms with van der Waals surface area (Å²) in [6.07, 6.45) is 53.1. The zero-order chi connectivity index (χ0) is 109. The molecule has 0 saturated heterocycles. The van der Waals surface area contributed by atoms with Crippen LogP contribution in [0.2, 0.25) is 0 Å². The highest BCUT2D eigenvalue weighted by Crippen LogP contribution is 2.33. The van der Waals surface area contributed by atoms with Gasteiger partial charge < -0.3 is 41.1 Å². The maximum absolute atomic E-state index is 11.2. The lowest BCUT2D eigenvalue weighted by atomic mass is 9.86. The second kappa shape index (κ2) is 81.2. The maximum atomic E-state index is 11.2. The van der Waals surface area contributed by atoms with Crippen molar-refractivity contribution >= 4 is 17.7 Å². The lowest BCUT2D eigenvalue weighted by Crippen LogP contribution is -2.27. The number of hydrogen-bond donors (Lipinski definition) is 7. The Morgan fingerprint density at radius 2 is 0.612 bits per heavy atom. The zero-order valence-electron chi connectivity index (χ0n) is 96.7. The van der Waals surface area contributed by atoms with Gasteiger partial charge in [-0.15, -0.1) is 0 Å². The zero-order valence-corrected chi connectivity index (χ0v) is 96.7. The van der Waals surface area contributed by atoms with E-state index in [9.17, 15) is 45.0 Å². The number of aryl methyl sites for hydroxylation is 11. The van der Waals surface area contributed by atoms with Gasteiger partial charge >= 0.3 is 5.97 Å². The van der Waals surface area contributed by atoms with Crippen LogP contribution in [0.15, 0.2) is 224 Å². The number of primary amides is 1. The van der Waals surface area contributed by atoms with Crippen molar-refractivity contribution in [1.82, 2.24) is 0 Å². The Balaban J connectivity index is 0.000000568. The van der Waals surface area contributed by atoms with Crippen LogP contribution in [0.1, 0.15) is 483 Å². The molecular weight excluding hydrogens is 1810 g/mol. The molecule has 11 heteroatoms. The molecule has 8 N–H and O–H groups in total. The largest absolute Gasteiger partial charge is 0.465 e. The number of rotatable bonds is 63. The molecule has 0 bridgehead atoms. The predicted octanol–water partition coefficient (Wildman–Crippen LogP) is 34.8. The van der Waals surface area contributed by atoms with Gasteiger partial charge in [-0.3, -0.25) is 14.4 Å². The molecule has 820 valence electrons. The van der Waals surface area contributed by atoms with Crippen molar-refractivity contribution in [2.75, 3.05) is 13.2 Å². The number of Topliss-reactive ketones (excluding diaryl/α,β-unsaturated/α-hetero) is 1. The van der Waals surface area contributed by atoms with Crippen molar-refractivity contribution in [2.24, 2.45) is 16.6 Å². The first-order chi connectivity index (χ1) is 70.5. The molecule has 0 radical (unpaired) electrons. The lowest BCUT2D eigenvalue weighted by molar-refractivity contribution is -0.144. The number of aliphatic hydroxyl groups excluding tert-OH is 3. The molecule has 0 aromatic heterocycles. The Morgan fingerprint density at radius 3 is 0.980 bits per heavy atom. The number of amides is 1. The summed E-state index contributed by atoms with van der Waals surface area (Å²) < 4.78 is 5.14. The standard InChI is InChI=1S/C20H34O.C19H24O.C17H26O2.C17H28O2.C17H26O.C16H26O.C15H23NO.C15H24O/c1-4-6-8-9-10-11-16-20(3,21)19-15-12-14-18(17-19)13-7-5-2;1-2-3-8-16-9-7-10-17(15-16)13-14-19(20)18-11-5-4-6-12-18;1-5-6-8-15-9-7-10-16(11-15)12-17(3,4)13-19-14(2)18;1-4-8-16(18)15-10-7-9-14(13-15)11-12-17(19,5-2)6-3;1-3-5-9-15-11-8-12-16(14-15)10-6-7-13-17(18)4-2;1-4-6-9-14-10-8-11-15(13-14)16(3,17)12-7-5-2;1-2-3-7-13-9-6-10-14(12-13)8-4-5-11-15(16)17;1-4-5-7-13-8-6-9-14(10-13)11-15(2,3)12-16/h12,14-15,17,21H,4-11,13,16H2,1-3H3;4-7,9-12,15,19-20H,2-3,8,13-14H2,1H3;7,9-11H,5-6,8,12-13H2,1-4H3;7,9-10,13,16,18-19H,4-6,8,11-12H2,1-3H3;8,11-12,14H,3-7,9-10,13H2,1-2H3;8,10-11,13,17H,4-7,9,12H2,1-3H3;6,9-10,12H,2-5,7-8,11H2,1H3,(H2,16,17);6,8-10,16H,4-5,7,11-12H2,1-3H3. The molecule has 9 aromatic rings. The quantitative estimate of drug-likeness (QED) is 0.0142. The maximum Gasteiger partial charge on any atom is 0.302 e. The summed E-state index contributed by atoms with van der Waals surface area (Å²) in [7, 11) is 0. The Hall–Kier alpha value is -8.65. The van der Waals surface area contributed by atoms with E-state index < -0.39 is 16.8 Å². The number of esters is 1. The van der Waals surface area contributed by atoms with Crippen LogP contribution in [-0.2, 0) is 114 Å². The van der Waals surface area contributed by atoms with Crippen molar-refractivity contribution in [3.63, 3.8) is 0 Å². The summed E-state index contributed by atoms with van der Waals surface area (Å²) in [5, 5.41) is 61.0. The fraction of sp³-hybridized carbons (Fsp3) is 0.581. The van der Waals surface area contributed by atoms with Gasteiger partial charge in [-0.05, 0) is 313 Å². The van der Waals surface area contributed by atoms with Gasteiger partial charge in [0.05, 0.1) is 35.6 Å². The smallest absolute Gasteiger partial charge is 0.302 e. The van der Waals surface area contributed by atoms with Crippen LogP contribution in [0.3, 0.4) is 0 Å². The molecule has 0 fully saturated rings. The minimum Gasteiger partial charge on any atom is -0.465 e. The van der Waals surface area contributed by atoms with Crippen molar-refractivity contribution in [3.05, 3.63) is 319 Å². The van der Waals surface area contributed by atoms with Gasteiger partial charge in [0.15, 0.2) is 0 Å². The number of nitrogens with two attached hydrogens (primary N) is 1. The van der Waals surface area contributed by atoms with E-state index in [-0.39, 0.29) is 41.5 Å². The molecule has 4 unspecified atom stereocenters. The van der Waals surface area contributed by atoms with Gasteiger partial charge in [0.2, 0.25) is 5.91 Å². The van der Waals surface area contributed by atoms with Crippen LogP contribution in [-0.4, -0.2) is 67.1 Å². The van der Waals surface area contributed by atoms with E-state index in [2.05, 4.69) is 273 Å². The second-order valence-electron chi connectivity index (χ2n) is 43.7. The Morgan fingerprint density at radius 1 is 0.299 bits per heavy atom. The molecule has 0 aliphatic heterocycles. The molecule has 9 aromatic carbocycles. The molecule has 0 aliphatic carbocycles. The Labute approximate surface area is 899 Å². The fourth-order valence-corrected chi connectivity index (χ4v) is 17.9. The molecule has 9 rings (SSSR count). The van der Waals surface area contributed by atoms with E-state index in [4.69, 9.17) is 10.5 Å². The highest BCUT2D eigenvalue weighted by Gasteiger charge is 2.27. The van der Waals surface area contributed by atoms with Crippen LogP contribution in [0.5, 0.6) is 0 Å². The summed E-state index contributed by atoms with van der Waals surface area (Å²) in [6, 6.07) is 79.1. The van der Waals surface area contributed by atoms with Gasteiger partial charge in [0.1, 0.15) is 5.78 Å². The van der Waals surface area contributed by atoms with Crippen LogP contribution in [0, 0.1) is 10.8 Å². The molecule has 0 aliphatic rings. The molecule has 11 nitrogen and oxygen atoms in total. The number of ether oxygens (including phenoxy) is 1. The summed E-state index contributed by atoms with van der Waals surface area (Å²) in [5.41, 5.74) is 25.2. The first-order valence-corrected chi connectivity index (χ1v) is 58.3. The molecule has 147 heavy (non-hydrogen) atoms. The van der Waals surface area contributed by atoms with Crippen LogP contribution < -0.4 is 5.73 Å². The first kappa shape index (κ1) is 134. The highest BCUT2D eigenvalue weighted by atomic mass is 16.5. The average Bonchev–Trinajstić information content (AvgIpc) is 0.846. The van der Waals surface area contributed by atoms with Crippen LogP contribution in [0.25, 0.3) is 0 Å². The second-order valence-corrected chi connectivity index (χ2v) is 43.7. The minimum absolute atomic E-state index is 0.0105. The third-order valence-electron chi connectivity index (χ3n) is 28.0. The number of ketones is 1. The van der Waals surface area contributed by atoms with E-state index in [1.807, 2.05) is 83.1 Å². The van der Waals surface area contributed by atoms with E-state index in [1.54, 1.807) is 0 Å². The fourth-order valence-electron chi connectivity index (χ4n) is 17.9. The minimum atomic E-state index is -0.674. The Bertz CT molecular complexity index is 4800. The summed E-state index contributed by atoms with van der Waals surface area (Å²) in [4.78, 5) is 32.7. The average molecular weight is 2020 g/mol. The third-order valence-corrected chi connectivity index (χ3v) is 28.0. The Kier molecular flexibility index (Phi) is 74.2. The highest BCUT2D eigenvalue weighted by molar-refractivity contribution is 5.77. The van der Waals surface area contributed by atoms with E-state index in [1.165, 1.54) is 221 Å². The number of benzene rings is 9. The summed E-state index contributed by atoms with van der Waals surface area (Å²) in [5.74, 6) is -0.00170. The molecule has 0 spiro atoms. The van der Waals surface area contributed by atoms with Crippen LogP contribution >= 0.6 is 0 Å². The van der Waals surface area contributed by atoms with Crippen molar-refractivity contribution < 1.29 is 49.8 Å². The molecule has 0 heterocycles. The summed E-state index contributed by atoms with van der Waals surface area (Å²) >= 11 is 0. The SMILES string of the molecule is CCCC(O)c1cccc(CCC(O)(CC)CC)c1.CCCCCCCCC(C)(O)c1cccc(CCCC)c1.CCCCc1cccc(C(C)(O)CCCC)c1.CCCCc1cccc(CC(C)(C)CO)c1.CCCCc1cccc(CC(C)(C)COC(C)=O)c1.CCCCc1cccc(CCC(O)c2ccccc2)c1.CCCCc1cccc(CCCCC(=O)CC)c1.CCCCc1cccc(CCCCC(N)=O)c1. The molecule has 0 saturated carbocycles. The van der Waals surface area contributed by atoms with Crippen molar-refractivity contribution in [1.29, 1.82) is 0 Å². The van der Waals surface area contributed by atoms with Gasteiger partial charge in [-0.1, -0.05) is 445 Å². The normalized spacial score (nSPS) is 12.4. The predicted molar refractivity (Wildman–Crippen MR) is 630 cm³/mol. The number of carbonyl (C=O) groups excluding carboxylic acids is 3. The number of aliphatic hydroxyl groups is 6. The topological polar surface area (TPSA) is 208 Å². The number of carbonyl (C=O) groups is 3. The van der Waals surface area contributed by atoms with E-state index in [0.29, 0.717) is 25.2 Å². The van der Waals surface area contributed by atoms with Crippen LogP contribution in [0.4, 0.5) is 0 Å².